The van der Waals surface area contributed by atoms with Crippen molar-refractivity contribution in [3.8, 4) is 5.75 Å². The summed E-state index contributed by atoms with van der Waals surface area (Å²) in [6.07, 6.45) is 0.898. The van der Waals surface area contributed by atoms with E-state index in [4.69, 9.17) is 23.2 Å². The number of phenolic OH excluding ortho intramolecular Hbond substituents is 1. The highest BCUT2D eigenvalue weighted by atomic mass is 35.5. The van der Waals surface area contributed by atoms with Crippen LogP contribution in [0.15, 0.2) is 60.7 Å². The number of nitrogens with one attached hydrogen (secondary N) is 3. The molecule has 0 spiro atoms. The number of aliphatic hydroxyl groups is 1. The van der Waals surface area contributed by atoms with Crippen LogP contribution in [-0.4, -0.2) is 42.9 Å². The number of sulfonamides is 1. The highest BCUT2D eigenvalue weighted by molar-refractivity contribution is 7.92. The Hall–Kier alpha value is -2.82. The van der Waals surface area contributed by atoms with Gasteiger partial charge in [-0.1, -0.05) is 59.6 Å². The van der Waals surface area contributed by atoms with Crippen LogP contribution in [0.2, 0.25) is 10.0 Å². The number of amides is 1. The van der Waals surface area contributed by atoms with Crippen LogP contribution in [0.3, 0.4) is 0 Å². The monoisotopic (exact) mass is 593 g/mol. The summed E-state index contributed by atoms with van der Waals surface area (Å²) < 4.78 is 25.3. The second-order valence-electron chi connectivity index (χ2n) is 10.1. The quantitative estimate of drug-likeness (QED) is 0.196. The van der Waals surface area contributed by atoms with Gasteiger partial charge in [0, 0.05) is 28.7 Å². The molecule has 0 heterocycles. The minimum Gasteiger partial charge on any atom is -0.506 e. The lowest BCUT2D eigenvalue weighted by atomic mass is 9.93. The SMILES string of the molecule is CC(C)(Cc1cccc(CC(=O)NCc2ccc(Cl)cc2Cl)c1)NC[C@@H](O)c1ccc(O)c(NS(C)(=O)=O)c1. The summed E-state index contributed by atoms with van der Waals surface area (Å²) in [5, 5.41) is 27.9. The van der Waals surface area contributed by atoms with Crippen LogP contribution in [0.25, 0.3) is 0 Å². The average Bonchev–Trinajstić information content (AvgIpc) is 2.82. The molecule has 39 heavy (non-hydrogen) atoms. The van der Waals surface area contributed by atoms with Gasteiger partial charge in [0.25, 0.3) is 0 Å². The van der Waals surface area contributed by atoms with Crippen LogP contribution < -0.4 is 15.4 Å². The Balaban J connectivity index is 1.55. The van der Waals surface area contributed by atoms with Crippen molar-refractivity contribution in [3.05, 3.63) is 93.0 Å². The molecule has 0 bridgehead atoms. The van der Waals surface area contributed by atoms with E-state index in [1.54, 1.807) is 18.2 Å². The highest BCUT2D eigenvalue weighted by Crippen LogP contribution is 2.28. The molecule has 0 saturated heterocycles. The van der Waals surface area contributed by atoms with Gasteiger partial charge < -0.3 is 20.8 Å². The summed E-state index contributed by atoms with van der Waals surface area (Å²) in [7, 11) is -3.58. The van der Waals surface area contributed by atoms with Crippen LogP contribution in [0, 0.1) is 0 Å². The van der Waals surface area contributed by atoms with Crippen molar-refractivity contribution in [3.63, 3.8) is 0 Å². The first kappa shape index (κ1) is 30.7. The topological polar surface area (TPSA) is 128 Å². The Labute approximate surface area is 239 Å². The average molecular weight is 595 g/mol. The lowest BCUT2D eigenvalue weighted by Crippen LogP contribution is -2.43. The van der Waals surface area contributed by atoms with E-state index >= 15 is 0 Å². The Morgan fingerprint density at radius 2 is 1.74 bits per heavy atom. The molecule has 8 nitrogen and oxygen atoms in total. The van der Waals surface area contributed by atoms with Crippen LogP contribution in [0.1, 0.15) is 42.2 Å². The molecule has 3 rings (SSSR count). The second-order valence-corrected chi connectivity index (χ2v) is 12.7. The molecule has 1 amide bonds. The molecule has 0 aliphatic rings. The van der Waals surface area contributed by atoms with E-state index in [0.717, 1.165) is 22.9 Å². The predicted octanol–water partition coefficient (Wildman–Crippen LogP) is 4.57. The largest absolute Gasteiger partial charge is 0.506 e. The van der Waals surface area contributed by atoms with E-state index in [2.05, 4.69) is 15.4 Å². The van der Waals surface area contributed by atoms with Crippen molar-refractivity contribution in [2.45, 2.75) is 44.9 Å². The lowest BCUT2D eigenvalue weighted by Gasteiger charge is -2.28. The molecule has 11 heteroatoms. The number of benzene rings is 3. The molecular formula is C28H33Cl2N3O5S. The first-order valence-corrected chi connectivity index (χ1v) is 14.9. The van der Waals surface area contributed by atoms with Crippen LogP contribution >= 0.6 is 23.2 Å². The third-order valence-electron chi connectivity index (χ3n) is 5.97. The summed E-state index contributed by atoms with van der Waals surface area (Å²) in [6.45, 7) is 4.51. The van der Waals surface area contributed by atoms with E-state index < -0.39 is 21.7 Å². The number of aromatic hydroxyl groups is 1. The highest BCUT2D eigenvalue weighted by Gasteiger charge is 2.21. The van der Waals surface area contributed by atoms with Crippen molar-refractivity contribution >= 4 is 44.8 Å². The molecule has 0 radical (unpaired) electrons. The number of hydrogen-bond donors (Lipinski definition) is 5. The number of β-amino-alcohol motifs (C(OH)–C–C–N with tert-alkyl or cyclic N) is 1. The minimum absolute atomic E-state index is 0.00502. The molecule has 3 aromatic carbocycles. The molecule has 5 N–H and O–H groups in total. The number of halogens is 2. The van der Waals surface area contributed by atoms with E-state index in [0.29, 0.717) is 28.6 Å². The fraction of sp³-hybridized carbons (Fsp3) is 0.321. The molecule has 210 valence electrons. The molecule has 0 aromatic heterocycles. The van der Waals surface area contributed by atoms with Crippen molar-refractivity contribution in [1.29, 1.82) is 0 Å². The number of carbonyl (C=O) groups excluding carboxylic acids is 1. The third-order valence-corrected chi connectivity index (χ3v) is 7.15. The van der Waals surface area contributed by atoms with Crippen LogP contribution in [-0.2, 0) is 34.2 Å². The van der Waals surface area contributed by atoms with Gasteiger partial charge in [-0.05, 0) is 66.8 Å². The number of phenols is 1. The fourth-order valence-corrected chi connectivity index (χ4v) is 5.10. The number of anilines is 1. The van der Waals surface area contributed by atoms with Gasteiger partial charge in [-0.2, -0.15) is 0 Å². The number of carbonyl (C=O) groups is 1. The van der Waals surface area contributed by atoms with E-state index in [9.17, 15) is 23.4 Å². The van der Waals surface area contributed by atoms with Gasteiger partial charge in [0.15, 0.2) is 0 Å². The number of rotatable bonds is 12. The number of aliphatic hydroxyl groups excluding tert-OH is 1. The molecule has 0 aliphatic carbocycles. The van der Waals surface area contributed by atoms with Crippen molar-refractivity contribution in [2.75, 3.05) is 17.5 Å². The maximum Gasteiger partial charge on any atom is 0.229 e. The maximum atomic E-state index is 12.5. The van der Waals surface area contributed by atoms with Crippen molar-refractivity contribution < 1.29 is 23.4 Å². The summed E-state index contributed by atoms with van der Waals surface area (Å²) in [5.41, 5.74) is 2.74. The molecule has 0 fully saturated rings. The first-order valence-electron chi connectivity index (χ1n) is 12.2. The van der Waals surface area contributed by atoms with E-state index in [1.807, 2.05) is 38.1 Å². The smallest absolute Gasteiger partial charge is 0.229 e. The van der Waals surface area contributed by atoms with Gasteiger partial charge in [0.2, 0.25) is 15.9 Å². The maximum absolute atomic E-state index is 12.5. The standard InChI is InChI=1S/C28H33Cl2N3O5S/c1-28(2,32-17-26(35)20-8-10-25(34)24(13-20)33-39(3,37)38)15-19-6-4-5-18(11-19)12-27(36)31-16-21-7-9-22(29)14-23(21)30/h4-11,13-14,26,32-35H,12,15-17H2,1-3H3,(H,31,36)/t26-/m1/s1. The normalized spacial score (nSPS) is 12.7. The number of hydrogen-bond acceptors (Lipinski definition) is 6. The molecule has 3 aromatic rings. The molecule has 1 atom stereocenters. The first-order chi connectivity index (χ1) is 18.2. The van der Waals surface area contributed by atoms with Crippen LogP contribution in [0.5, 0.6) is 5.75 Å². The fourth-order valence-electron chi connectivity index (χ4n) is 4.06. The molecule has 0 aliphatic heterocycles. The van der Waals surface area contributed by atoms with Gasteiger partial charge in [0.1, 0.15) is 5.75 Å². The molecule has 0 saturated carbocycles. The zero-order chi connectivity index (χ0) is 28.8. The summed E-state index contributed by atoms with van der Waals surface area (Å²) >= 11 is 12.1. The van der Waals surface area contributed by atoms with Gasteiger partial charge in [0.05, 0.1) is 24.5 Å². The van der Waals surface area contributed by atoms with Gasteiger partial charge in [-0.15, -0.1) is 0 Å². The van der Waals surface area contributed by atoms with E-state index in [-0.39, 0.29) is 30.3 Å². The minimum atomic E-state index is -3.58. The summed E-state index contributed by atoms with van der Waals surface area (Å²) in [5.74, 6) is -0.357. The Bertz CT molecular complexity index is 1430. The van der Waals surface area contributed by atoms with Gasteiger partial charge in [-0.3, -0.25) is 9.52 Å². The van der Waals surface area contributed by atoms with Gasteiger partial charge in [-0.25, -0.2) is 8.42 Å². The van der Waals surface area contributed by atoms with Crippen molar-refractivity contribution in [1.82, 2.24) is 10.6 Å². The molecule has 0 unspecified atom stereocenters. The summed E-state index contributed by atoms with van der Waals surface area (Å²) in [4.78, 5) is 12.5. The summed E-state index contributed by atoms with van der Waals surface area (Å²) in [6, 6.07) is 17.2. The van der Waals surface area contributed by atoms with E-state index in [1.165, 1.54) is 18.2 Å². The molecular weight excluding hydrogens is 561 g/mol. The Morgan fingerprint density at radius 1 is 1.03 bits per heavy atom. The van der Waals surface area contributed by atoms with Crippen LogP contribution in [0.4, 0.5) is 5.69 Å². The Kier molecular flexibility index (Phi) is 10.3. The Morgan fingerprint density at radius 3 is 2.44 bits per heavy atom. The second kappa shape index (κ2) is 13.0. The zero-order valence-electron chi connectivity index (χ0n) is 22.0. The predicted molar refractivity (Wildman–Crippen MR) is 156 cm³/mol. The lowest BCUT2D eigenvalue weighted by molar-refractivity contribution is -0.120. The zero-order valence-corrected chi connectivity index (χ0v) is 24.3. The van der Waals surface area contributed by atoms with Crippen molar-refractivity contribution in [2.24, 2.45) is 0 Å². The third kappa shape index (κ3) is 10.0. The van der Waals surface area contributed by atoms with Gasteiger partial charge >= 0.3 is 0 Å².